The van der Waals surface area contributed by atoms with Gasteiger partial charge in [-0.2, -0.15) is 4.98 Å². The zero-order valence-corrected chi connectivity index (χ0v) is 17.6. The Labute approximate surface area is 168 Å². The fraction of sp³-hybridized carbons (Fsp3) is 0.857. The first-order valence-corrected chi connectivity index (χ1v) is 10.7. The van der Waals surface area contributed by atoms with Crippen LogP contribution in [0.15, 0.2) is 4.52 Å². The van der Waals surface area contributed by atoms with Gasteiger partial charge in [0.2, 0.25) is 11.8 Å². The number of carbonyl (C=O) groups is 1. The minimum atomic E-state index is -0.283. The standard InChI is InChI=1S/C21H35N3O4/c1-16(2)5-6-18(25)24-11-4-9-21(15-24,10-14-26-3)20-22-19(28-23-20)17-7-12-27-13-8-17/h16-17H,4-15H2,1-3H3. The van der Waals surface area contributed by atoms with E-state index in [1.54, 1.807) is 7.11 Å². The van der Waals surface area contributed by atoms with Crippen LogP contribution in [0.3, 0.4) is 0 Å². The van der Waals surface area contributed by atoms with Gasteiger partial charge >= 0.3 is 0 Å². The SMILES string of the molecule is COCCC1(c2noc(C3CCOCC3)n2)CCCN(C(=O)CCC(C)C)C1. The molecule has 3 rings (SSSR count). The molecule has 28 heavy (non-hydrogen) atoms. The summed E-state index contributed by atoms with van der Waals surface area (Å²) in [4.78, 5) is 19.6. The predicted molar refractivity (Wildman–Crippen MR) is 105 cm³/mol. The molecule has 2 fully saturated rings. The summed E-state index contributed by atoms with van der Waals surface area (Å²) in [6.45, 7) is 7.89. The molecule has 0 N–H and O–H groups in total. The van der Waals surface area contributed by atoms with E-state index in [0.29, 0.717) is 25.5 Å². The Kier molecular flexibility index (Phi) is 7.46. The van der Waals surface area contributed by atoms with Gasteiger partial charge in [0.05, 0.1) is 5.41 Å². The fourth-order valence-corrected chi connectivity index (χ4v) is 4.27. The van der Waals surface area contributed by atoms with Crippen LogP contribution in [0, 0.1) is 5.92 Å². The van der Waals surface area contributed by atoms with E-state index in [1.165, 1.54) is 0 Å². The maximum atomic E-state index is 12.8. The molecule has 7 heteroatoms. The number of carbonyl (C=O) groups excluding carboxylic acids is 1. The number of hydrogen-bond acceptors (Lipinski definition) is 6. The van der Waals surface area contributed by atoms with Gasteiger partial charge in [0.25, 0.3) is 0 Å². The minimum absolute atomic E-state index is 0.239. The van der Waals surface area contributed by atoms with Crippen LogP contribution in [-0.4, -0.2) is 61.0 Å². The highest BCUT2D eigenvalue weighted by Gasteiger charge is 2.42. The summed E-state index contributed by atoms with van der Waals surface area (Å²) in [5, 5.41) is 4.39. The van der Waals surface area contributed by atoms with Crippen LogP contribution in [0.1, 0.15) is 76.4 Å². The third-order valence-corrected chi connectivity index (χ3v) is 6.14. The van der Waals surface area contributed by atoms with Gasteiger partial charge in [0.15, 0.2) is 5.82 Å². The molecule has 2 saturated heterocycles. The van der Waals surface area contributed by atoms with Gasteiger partial charge in [-0.1, -0.05) is 19.0 Å². The summed E-state index contributed by atoms with van der Waals surface area (Å²) in [7, 11) is 1.71. The second kappa shape index (κ2) is 9.83. The number of nitrogens with zero attached hydrogens (tertiary/aromatic N) is 3. The molecule has 1 aromatic rings. The molecule has 158 valence electrons. The molecule has 1 unspecified atom stereocenters. The second-order valence-corrected chi connectivity index (χ2v) is 8.72. The Balaban J connectivity index is 1.76. The van der Waals surface area contributed by atoms with Crippen molar-refractivity contribution in [1.29, 1.82) is 0 Å². The third kappa shape index (κ3) is 5.11. The van der Waals surface area contributed by atoms with Gasteiger partial charge in [0, 0.05) is 52.4 Å². The number of likely N-dealkylation sites (tertiary alicyclic amines) is 1. The van der Waals surface area contributed by atoms with E-state index in [2.05, 4.69) is 19.0 Å². The number of methoxy groups -OCH3 is 1. The first kappa shape index (κ1) is 21.2. The summed E-state index contributed by atoms with van der Waals surface area (Å²) in [6, 6.07) is 0. The molecule has 1 atom stereocenters. The maximum Gasteiger partial charge on any atom is 0.229 e. The van der Waals surface area contributed by atoms with Crippen molar-refractivity contribution in [3.05, 3.63) is 11.7 Å². The monoisotopic (exact) mass is 393 g/mol. The lowest BCUT2D eigenvalue weighted by Crippen LogP contribution is -2.49. The van der Waals surface area contributed by atoms with Crippen molar-refractivity contribution in [1.82, 2.24) is 15.0 Å². The zero-order chi connectivity index (χ0) is 20.0. The third-order valence-electron chi connectivity index (χ3n) is 6.14. The van der Waals surface area contributed by atoms with Gasteiger partial charge in [-0.25, -0.2) is 0 Å². The quantitative estimate of drug-likeness (QED) is 0.674. The lowest BCUT2D eigenvalue weighted by atomic mass is 9.76. The van der Waals surface area contributed by atoms with Crippen LogP contribution in [-0.2, 0) is 19.7 Å². The van der Waals surface area contributed by atoms with E-state index in [4.69, 9.17) is 19.0 Å². The number of amides is 1. The molecule has 3 heterocycles. The Morgan fingerprint density at radius 3 is 2.86 bits per heavy atom. The predicted octanol–water partition coefficient (Wildman–Crippen LogP) is 3.30. The number of hydrogen-bond donors (Lipinski definition) is 0. The van der Waals surface area contributed by atoms with Crippen LogP contribution < -0.4 is 0 Å². The van der Waals surface area contributed by atoms with Gasteiger partial charge in [0.1, 0.15) is 0 Å². The Hall–Kier alpha value is -1.47. The fourth-order valence-electron chi connectivity index (χ4n) is 4.27. The van der Waals surface area contributed by atoms with E-state index in [1.807, 2.05) is 4.90 Å². The molecular weight excluding hydrogens is 358 g/mol. The highest BCUT2D eigenvalue weighted by atomic mass is 16.5. The molecule has 0 aromatic carbocycles. The van der Waals surface area contributed by atoms with Crippen LogP contribution in [0.25, 0.3) is 0 Å². The summed E-state index contributed by atoms with van der Waals surface area (Å²) >= 11 is 0. The molecular formula is C21H35N3O4. The van der Waals surface area contributed by atoms with E-state index in [9.17, 15) is 4.79 Å². The number of aromatic nitrogens is 2. The first-order valence-electron chi connectivity index (χ1n) is 10.7. The molecule has 0 saturated carbocycles. The van der Waals surface area contributed by atoms with Crippen molar-refractivity contribution in [3.63, 3.8) is 0 Å². The molecule has 7 nitrogen and oxygen atoms in total. The molecule has 1 aromatic heterocycles. The average Bonchev–Trinajstić information content (AvgIpc) is 3.22. The second-order valence-electron chi connectivity index (χ2n) is 8.72. The van der Waals surface area contributed by atoms with Gasteiger partial charge in [-0.15, -0.1) is 0 Å². The van der Waals surface area contributed by atoms with Crippen LogP contribution in [0.4, 0.5) is 0 Å². The van der Waals surface area contributed by atoms with E-state index < -0.39 is 0 Å². The minimum Gasteiger partial charge on any atom is -0.385 e. The lowest BCUT2D eigenvalue weighted by Gasteiger charge is -2.41. The smallest absolute Gasteiger partial charge is 0.229 e. The van der Waals surface area contributed by atoms with Crippen molar-refractivity contribution < 1.29 is 18.8 Å². The first-order chi connectivity index (χ1) is 13.5. The van der Waals surface area contributed by atoms with Crippen molar-refractivity contribution in [3.8, 4) is 0 Å². The summed E-state index contributed by atoms with van der Waals surface area (Å²) < 4.78 is 16.5. The lowest BCUT2D eigenvalue weighted by molar-refractivity contribution is -0.134. The van der Waals surface area contributed by atoms with E-state index >= 15 is 0 Å². The zero-order valence-electron chi connectivity index (χ0n) is 17.6. The molecule has 0 spiro atoms. The highest BCUT2D eigenvalue weighted by Crippen LogP contribution is 2.37. The maximum absolute atomic E-state index is 12.8. The molecule has 0 aliphatic carbocycles. The average molecular weight is 394 g/mol. The Morgan fingerprint density at radius 2 is 2.14 bits per heavy atom. The van der Waals surface area contributed by atoms with Gasteiger partial charge < -0.3 is 18.9 Å². The molecule has 1 amide bonds. The normalized spacial score (nSPS) is 24.1. The number of ether oxygens (including phenoxy) is 2. The van der Waals surface area contributed by atoms with Gasteiger partial charge in [-0.3, -0.25) is 4.79 Å². The highest BCUT2D eigenvalue weighted by molar-refractivity contribution is 5.76. The summed E-state index contributed by atoms with van der Waals surface area (Å²) in [6.07, 6.45) is 6.09. The Morgan fingerprint density at radius 1 is 1.36 bits per heavy atom. The van der Waals surface area contributed by atoms with Crippen molar-refractivity contribution in [2.75, 3.05) is 40.0 Å². The topological polar surface area (TPSA) is 77.7 Å². The van der Waals surface area contributed by atoms with E-state index in [0.717, 1.165) is 70.0 Å². The molecule has 0 radical (unpaired) electrons. The Bertz CT molecular complexity index is 627. The van der Waals surface area contributed by atoms with Crippen LogP contribution >= 0.6 is 0 Å². The number of rotatable bonds is 8. The van der Waals surface area contributed by atoms with Crippen molar-refractivity contribution in [2.24, 2.45) is 5.92 Å². The van der Waals surface area contributed by atoms with Crippen LogP contribution in [0.5, 0.6) is 0 Å². The van der Waals surface area contributed by atoms with Crippen molar-refractivity contribution >= 4 is 5.91 Å². The number of piperidine rings is 1. The van der Waals surface area contributed by atoms with Crippen molar-refractivity contribution in [2.45, 2.75) is 70.1 Å². The molecule has 2 aliphatic rings. The van der Waals surface area contributed by atoms with E-state index in [-0.39, 0.29) is 17.2 Å². The summed E-state index contributed by atoms with van der Waals surface area (Å²) in [5.41, 5.74) is -0.283. The van der Waals surface area contributed by atoms with Crippen LogP contribution in [0.2, 0.25) is 0 Å². The molecule has 0 bridgehead atoms. The van der Waals surface area contributed by atoms with Gasteiger partial charge in [-0.05, 0) is 44.4 Å². The summed E-state index contributed by atoms with van der Waals surface area (Å²) in [5.74, 6) is 2.52. The molecule has 2 aliphatic heterocycles. The largest absolute Gasteiger partial charge is 0.385 e.